The Morgan fingerprint density at radius 3 is 2.56 bits per heavy atom. The third-order valence-corrected chi connectivity index (χ3v) is 3.35. The first-order valence-electron chi connectivity index (χ1n) is 5.22. The number of phenolic OH excluding ortho intramolecular Hbond substituents is 1. The topological polar surface area (TPSA) is 101 Å². The number of rotatable bonds is 4. The Labute approximate surface area is 106 Å². The summed E-state index contributed by atoms with van der Waals surface area (Å²) in [6.07, 6.45) is 1.11. The summed E-state index contributed by atoms with van der Waals surface area (Å²) in [5.41, 5.74) is 5.87. The fraction of sp³-hybridized carbons (Fsp3) is 0.364. The molecule has 1 rings (SSSR count). The number of amides is 1. The maximum absolute atomic E-state index is 11.9. The number of benzene rings is 1. The predicted octanol–water partition coefficient (Wildman–Crippen LogP) is 0.0910. The third kappa shape index (κ3) is 3.92. The Hall–Kier alpha value is -1.76. The zero-order valence-corrected chi connectivity index (χ0v) is 11.1. The average Bonchev–Trinajstić information content (AvgIpc) is 2.27. The molecular weight excluding hydrogens is 256 g/mol. The second-order valence-corrected chi connectivity index (χ2v) is 6.39. The van der Waals surface area contributed by atoms with Gasteiger partial charge in [0, 0.05) is 25.4 Å². The highest BCUT2D eigenvalue weighted by Crippen LogP contribution is 2.21. The monoisotopic (exact) mass is 272 g/mol. The van der Waals surface area contributed by atoms with E-state index in [1.807, 2.05) is 0 Å². The molecule has 0 fully saturated rings. The Balaban J connectivity index is 2.77. The van der Waals surface area contributed by atoms with Crippen LogP contribution >= 0.6 is 0 Å². The van der Waals surface area contributed by atoms with Gasteiger partial charge in [-0.1, -0.05) is 0 Å². The smallest absolute Gasteiger partial charge is 0.253 e. The summed E-state index contributed by atoms with van der Waals surface area (Å²) in [6, 6.07) is 4.16. The quantitative estimate of drug-likeness (QED) is 0.597. The first-order valence-corrected chi connectivity index (χ1v) is 7.28. The van der Waals surface area contributed by atoms with Crippen molar-refractivity contribution in [2.75, 3.05) is 31.3 Å². The summed E-state index contributed by atoms with van der Waals surface area (Å²) in [6.45, 7) is 0.100. The zero-order valence-electron chi connectivity index (χ0n) is 10.3. The summed E-state index contributed by atoms with van der Waals surface area (Å²) >= 11 is 0. The zero-order chi connectivity index (χ0) is 13.9. The van der Waals surface area contributed by atoms with Gasteiger partial charge >= 0.3 is 0 Å². The van der Waals surface area contributed by atoms with E-state index >= 15 is 0 Å². The molecule has 0 aliphatic heterocycles. The number of phenols is 1. The first-order chi connectivity index (χ1) is 8.20. The van der Waals surface area contributed by atoms with E-state index in [1.165, 1.54) is 30.1 Å². The van der Waals surface area contributed by atoms with Crippen LogP contribution in [0, 0.1) is 0 Å². The van der Waals surface area contributed by atoms with Crippen molar-refractivity contribution < 1.29 is 18.3 Å². The van der Waals surface area contributed by atoms with Crippen LogP contribution in [0.25, 0.3) is 0 Å². The highest BCUT2D eigenvalue weighted by atomic mass is 32.2. The molecule has 1 aromatic carbocycles. The van der Waals surface area contributed by atoms with Crippen LogP contribution in [-0.4, -0.2) is 49.9 Å². The molecule has 7 heteroatoms. The lowest BCUT2D eigenvalue weighted by Crippen LogP contribution is -2.31. The highest BCUT2D eigenvalue weighted by molar-refractivity contribution is 7.90. The molecule has 100 valence electrons. The number of anilines is 1. The van der Waals surface area contributed by atoms with Crippen LogP contribution in [0.2, 0.25) is 0 Å². The first kappa shape index (κ1) is 14.3. The molecule has 0 radical (unpaired) electrons. The lowest BCUT2D eigenvalue weighted by molar-refractivity contribution is 0.0803. The lowest BCUT2D eigenvalue weighted by Gasteiger charge is -2.16. The molecule has 3 N–H and O–H groups in total. The lowest BCUT2D eigenvalue weighted by atomic mass is 10.1. The Morgan fingerprint density at radius 2 is 2.06 bits per heavy atom. The Kier molecular flexibility index (Phi) is 4.18. The Bertz CT molecular complexity index is 554. The van der Waals surface area contributed by atoms with Crippen LogP contribution < -0.4 is 5.73 Å². The van der Waals surface area contributed by atoms with E-state index in [2.05, 4.69) is 0 Å². The summed E-state index contributed by atoms with van der Waals surface area (Å²) in [7, 11) is -1.61. The number of hydrogen-bond acceptors (Lipinski definition) is 5. The fourth-order valence-corrected chi connectivity index (χ4v) is 1.91. The van der Waals surface area contributed by atoms with Crippen LogP contribution in [0.15, 0.2) is 18.2 Å². The van der Waals surface area contributed by atoms with Crippen LogP contribution in [0.5, 0.6) is 5.75 Å². The van der Waals surface area contributed by atoms with Crippen LogP contribution in [0.1, 0.15) is 10.4 Å². The molecule has 0 spiro atoms. The largest absolute Gasteiger partial charge is 0.506 e. The molecule has 1 aromatic rings. The molecule has 0 saturated carbocycles. The second-order valence-electron chi connectivity index (χ2n) is 4.13. The maximum Gasteiger partial charge on any atom is 0.253 e. The Morgan fingerprint density at radius 1 is 1.44 bits per heavy atom. The van der Waals surface area contributed by atoms with E-state index in [1.54, 1.807) is 0 Å². The molecule has 1 amide bonds. The highest BCUT2D eigenvalue weighted by Gasteiger charge is 2.14. The SMILES string of the molecule is CN(CCS(C)(=O)=O)C(=O)c1ccc(N)c(O)c1. The fourth-order valence-electron chi connectivity index (χ4n) is 1.30. The summed E-state index contributed by atoms with van der Waals surface area (Å²) in [5.74, 6) is -0.637. The van der Waals surface area contributed by atoms with Gasteiger partial charge in [-0.05, 0) is 18.2 Å². The van der Waals surface area contributed by atoms with Crippen LogP contribution in [0.3, 0.4) is 0 Å². The molecule has 0 aliphatic rings. The van der Waals surface area contributed by atoms with Crippen molar-refractivity contribution >= 4 is 21.4 Å². The molecular formula is C11H16N2O4S. The molecule has 0 unspecified atom stereocenters. The third-order valence-electron chi connectivity index (χ3n) is 2.42. The van der Waals surface area contributed by atoms with Gasteiger partial charge in [-0.25, -0.2) is 8.42 Å². The molecule has 18 heavy (non-hydrogen) atoms. The summed E-state index contributed by atoms with van der Waals surface area (Å²) in [5, 5.41) is 9.40. The number of nitrogens with two attached hydrogens (primary N) is 1. The van der Waals surface area contributed by atoms with Crippen molar-refractivity contribution in [1.29, 1.82) is 0 Å². The average molecular weight is 272 g/mol. The van der Waals surface area contributed by atoms with Gasteiger partial charge in [-0.2, -0.15) is 0 Å². The predicted molar refractivity (Wildman–Crippen MR) is 69.2 cm³/mol. The van der Waals surface area contributed by atoms with Crippen molar-refractivity contribution in [2.24, 2.45) is 0 Å². The second kappa shape index (κ2) is 5.26. The molecule has 0 saturated heterocycles. The van der Waals surface area contributed by atoms with E-state index < -0.39 is 9.84 Å². The molecule has 0 aliphatic carbocycles. The normalized spacial score (nSPS) is 11.2. The number of aromatic hydroxyl groups is 1. The molecule has 0 bridgehead atoms. The number of carbonyl (C=O) groups excluding carboxylic acids is 1. The minimum absolute atomic E-state index is 0.100. The van der Waals surface area contributed by atoms with Gasteiger partial charge in [-0.3, -0.25) is 4.79 Å². The van der Waals surface area contributed by atoms with Crippen molar-refractivity contribution in [2.45, 2.75) is 0 Å². The summed E-state index contributed by atoms with van der Waals surface area (Å²) < 4.78 is 22.0. The van der Waals surface area contributed by atoms with Gasteiger partial charge < -0.3 is 15.7 Å². The van der Waals surface area contributed by atoms with Gasteiger partial charge in [0.25, 0.3) is 5.91 Å². The number of nitrogens with zero attached hydrogens (tertiary/aromatic N) is 1. The van der Waals surface area contributed by atoms with E-state index in [0.29, 0.717) is 0 Å². The van der Waals surface area contributed by atoms with Gasteiger partial charge in [-0.15, -0.1) is 0 Å². The number of sulfone groups is 1. The molecule has 0 aromatic heterocycles. The minimum Gasteiger partial charge on any atom is -0.506 e. The van der Waals surface area contributed by atoms with E-state index in [0.717, 1.165) is 6.26 Å². The minimum atomic E-state index is -3.11. The van der Waals surface area contributed by atoms with Crippen molar-refractivity contribution in [3.63, 3.8) is 0 Å². The van der Waals surface area contributed by atoms with Crippen LogP contribution in [0.4, 0.5) is 5.69 Å². The van der Waals surface area contributed by atoms with E-state index in [4.69, 9.17) is 5.73 Å². The number of nitrogen functional groups attached to an aromatic ring is 1. The summed E-state index contributed by atoms with van der Waals surface area (Å²) in [4.78, 5) is 13.2. The molecule has 0 atom stereocenters. The number of carbonyl (C=O) groups is 1. The number of hydrogen-bond donors (Lipinski definition) is 2. The van der Waals surface area contributed by atoms with Gasteiger partial charge in [0.05, 0.1) is 11.4 Å². The van der Waals surface area contributed by atoms with Crippen molar-refractivity contribution in [3.8, 4) is 5.75 Å². The van der Waals surface area contributed by atoms with E-state index in [-0.39, 0.29) is 35.2 Å². The maximum atomic E-state index is 11.9. The van der Waals surface area contributed by atoms with Crippen molar-refractivity contribution in [1.82, 2.24) is 4.90 Å². The van der Waals surface area contributed by atoms with Gasteiger partial charge in [0.1, 0.15) is 15.6 Å². The van der Waals surface area contributed by atoms with Crippen LogP contribution in [-0.2, 0) is 9.84 Å². The molecule has 0 heterocycles. The standard InChI is InChI=1S/C11H16N2O4S/c1-13(5-6-18(2,16)17)11(15)8-3-4-9(12)10(14)7-8/h3-4,7,14H,5-6,12H2,1-2H3. The van der Waals surface area contributed by atoms with Crippen molar-refractivity contribution in [3.05, 3.63) is 23.8 Å². The van der Waals surface area contributed by atoms with E-state index in [9.17, 15) is 18.3 Å². The van der Waals surface area contributed by atoms with Gasteiger partial charge in [0.15, 0.2) is 0 Å². The van der Waals surface area contributed by atoms with Gasteiger partial charge in [0.2, 0.25) is 0 Å². The molecule has 6 nitrogen and oxygen atoms in total.